The third kappa shape index (κ3) is 8.11. The van der Waals surface area contributed by atoms with Gasteiger partial charge >= 0.3 is 0 Å². The summed E-state index contributed by atoms with van der Waals surface area (Å²) < 4.78 is 5.78. The maximum absolute atomic E-state index is 13.5. The number of aryl methyl sites for hydroxylation is 1. The molecule has 2 aromatic rings. The van der Waals surface area contributed by atoms with E-state index in [-0.39, 0.29) is 11.3 Å². The normalized spacial score (nSPS) is 12.7. The fourth-order valence-corrected chi connectivity index (χ4v) is 4.08. The van der Waals surface area contributed by atoms with Gasteiger partial charge in [0.05, 0.1) is 24.2 Å². The lowest BCUT2D eigenvalue weighted by Gasteiger charge is -2.24. The molecule has 0 aliphatic heterocycles. The molecule has 0 saturated carbocycles. The molecule has 2 rings (SSSR count). The fraction of sp³-hybridized carbons (Fsp3) is 0.387. The van der Waals surface area contributed by atoms with Crippen LogP contribution < -0.4 is 37.8 Å². The largest absolute Gasteiger partial charge is 0.494 e. The lowest BCUT2D eigenvalue weighted by molar-refractivity contribution is 0.102. The minimum absolute atomic E-state index is 0.128. The Kier molecular flexibility index (Phi) is 11.0. The SMILES string of the molecule is C=CC(/C(N)=C/N(N)c1cc(C(=O)Nc2cc(C(C)(C)C)cc(CNC(C)C)c2OC)ccc1C)=C(/C)N(C)N. The molecule has 0 fully saturated rings. The number of allylic oxidation sites excluding steroid dienone is 2. The number of nitrogens with two attached hydrogens (primary N) is 3. The second-order valence-corrected chi connectivity index (χ2v) is 11.3. The molecule has 0 aliphatic carbocycles. The van der Waals surface area contributed by atoms with E-state index in [1.54, 1.807) is 38.6 Å². The summed E-state index contributed by atoms with van der Waals surface area (Å²) in [6.07, 6.45) is 3.21. The van der Waals surface area contributed by atoms with Crippen LogP contribution in [0.25, 0.3) is 0 Å². The van der Waals surface area contributed by atoms with Crippen molar-refractivity contribution in [2.24, 2.45) is 17.4 Å². The highest BCUT2D eigenvalue weighted by molar-refractivity contribution is 6.06. The highest BCUT2D eigenvalue weighted by Gasteiger charge is 2.21. The van der Waals surface area contributed by atoms with Crippen molar-refractivity contribution in [3.8, 4) is 5.75 Å². The van der Waals surface area contributed by atoms with Gasteiger partial charge in [-0.05, 0) is 48.6 Å². The van der Waals surface area contributed by atoms with Crippen LogP contribution in [0.1, 0.15) is 68.6 Å². The molecule has 9 heteroatoms. The van der Waals surface area contributed by atoms with Crippen molar-refractivity contribution in [1.82, 2.24) is 10.3 Å². The van der Waals surface area contributed by atoms with Gasteiger partial charge < -0.3 is 26.1 Å². The molecule has 0 bridgehead atoms. The van der Waals surface area contributed by atoms with Crippen molar-refractivity contribution in [2.75, 3.05) is 24.5 Å². The van der Waals surface area contributed by atoms with Crippen molar-refractivity contribution >= 4 is 17.3 Å². The predicted octanol–water partition coefficient (Wildman–Crippen LogP) is 4.80. The number of carbonyl (C=O) groups is 1. The number of hydrogen-bond donors (Lipinski definition) is 5. The van der Waals surface area contributed by atoms with Crippen LogP contribution in [0.15, 0.2) is 66.2 Å². The van der Waals surface area contributed by atoms with Crippen LogP contribution in [0.4, 0.5) is 11.4 Å². The van der Waals surface area contributed by atoms with Crippen LogP contribution in [-0.4, -0.2) is 31.1 Å². The van der Waals surface area contributed by atoms with E-state index in [0.29, 0.717) is 46.5 Å². The van der Waals surface area contributed by atoms with Crippen molar-refractivity contribution in [3.63, 3.8) is 0 Å². The molecule has 0 aromatic heterocycles. The zero-order valence-electron chi connectivity index (χ0n) is 25.5. The second kappa shape index (κ2) is 13.5. The molecule has 9 nitrogen and oxygen atoms in total. The fourth-order valence-electron chi connectivity index (χ4n) is 4.08. The van der Waals surface area contributed by atoms with Gasteiger partial charge in [-0.25, -0.2) is 11.7 Å². The topological polar surface area (TPSA) is 135 Å². The first kappa shape index (κ1) is 32.4. The number of carbonyl (C=O) groups excluding carboxylic acids is 1. The number of benzene rings is 2. The minimum Gasteiger partial charge on any atom is -0.494 e. The van der Waals surface area contributed by atoms with E-state index in [0.717, 1.165) is 22.4 Å². The van der Waals surface area contributed by atoms with Crippen LogP contribution in [0.5, 0.6) is 5.75 Å². The van der Waals surface area contributed by atoms with Crippen LogP contribution in [-0.2, 0) is 12.0 Å². The maximum Gasteiger partial charge on any atom is 0.255 e. The summed E-state index contributed by atoms with van der Waals surface area (Å²) in [6.45, 7) is 18.8. The molecule has 1 amide bonds. The van der Waals surface area contributed by atoms with Gasteiger partial charge in [0.2, 0.25) is 0 Å². The van der Waals surface area contributed by atoms with E-state index in [4.69, 9.17) is 22.2 Å². The molecule has 2 aromatic carbocycles. The maximum atomic E-state index is 13.5. The Balaban J connectivity index is 2.49. The molecule has 8 N–H and O–H groups in total. The van der Waals surface area contributed by atoms with Gasteiger partial charge in [-0.3, -0.25) is 9.80 Å². The Morgan fingerprint density at radius 3 is 2.35 bits per heavy atom. The average molecular weight is 550 g/mol. The van der Waals surface area contributed by atoms with Gasteiger partial charge in [0.25, 0.3) is 5.91 Å². The third-order valence-corrected chi connectivity index (χ3v) is 6.65. The minimum atomic E-state index is -0.286. The molecule has 0 unspecified atom stereocenters. The number of rotatable bonds is 11. The molecular weight excluding hydrogens is 502 g/mol. The summed E-state index contributed by atoms with van der Waals surface area (Å²) in [4.78, 5) is 13.5. The predicted molar refractivity (Wildman–Crippen MR) is 167 cm³/mol. The van der Waals surface area contributed by atoms with Crippen LogP contribution in [0.2, 0.25) is 0 Å². The lowest BCUT2D eigenvalue weighted by Crippen LogP contribution is -2.29. The number of hydrazine groups is 2. The molecular formula is C31H47N7O2. The van der Waals surface area contributed by atoms with E-state index in [1.807, 2.05) is 26.0 Å². The number of nitrogens with one attached hydrogen (secondary N) is 2. The first-order valence-electron chi connectivity index (χ1n) is 13.3. The zero-order chi connectivity index (χ0) is 30.4. The van der Waals surface area contributed by atoms with E-state index in [2.05, 4.69) is 57.9 Å². The Bertz CT molecular complexity index is 1290. The Morgan fingerprint density at radius 2 is 1.82 bits per heavy atom. The standard InChI is InChI=1S/C31H47N7O2/c1-11-25(21(5)37(9)33)26(32)18-38(34)28-15-22(13-12-20(28)4)30(39)36-27-16-24(31(6,7)8)14-23(29(27)40-10)17-35-19(2)3/h11-16,18-19,35H,1,17,32-34H2,2-10H3,(H,36,39)/b25-21+,26-18-. The Hall–Kier alpha value is -3.79. The molecule has 0 saturated heterocycles. The summed E-state index contributed by atoms with van der Waals surface area (Å²) in [5.74, 6) is 12.6. The lowest BCUT2D eigenvalue weighted by atomic mass is 9.85. The van der Waals surface area contributed by atoms with Gasteiger partial charge in [-0.2, -0.15) is 0 Å². The van der Waals surface area contributed by atoms with E-state index in [1.165, 1.54) is 10.0 Å². The van der Waals surface area contributed by atoms with Crippen molar-refractivity contribution in [2.45, 2.75) is 66.5 Å². The third-order valence-electron chi connectivity index (χ3n) is 6.65. The smallest absolute Gasteiger partial charge is 0.255 e. The quantitative estimate of drug-likeness (QED) is 0.153. The van der Waals surface area contributed by atoms with Crippen molar-refractivity contribution in [1.29, 1.82) is 0 Å². The van der Waals surface area contributed by atoms with Gasteiger partial charge in [0.15, 0.2) is 0 Å². The number of anilines is 2. The monoisotopic (exact) mass is 549 g/mol. The summed E-state index contributed by atoms with van der Waals surface area (Å²) >= 11 is 0. The number of ether oxygens (including phenoxy) is 1. The zero-order valence-corrected chi connectivity index (χ0v) is 25.5. The number of nitrogens with zero attached hydrogens (tertiary/aromatic N) is 2. The van der Waals surface area contributed by atoms with Crippen LogP contribution in [0.3, 0.4) is 0 Å². The molecule has 218 valence electrons. The van der Waals surface area contributed by atoms with Gasteiger partial charge in [0, 0.05) is 48.2 Å². The molecule has 0 heterocycles. The van der Waals surface area contributed by atoms with Crippen LogP contribution in [0, 0.1) is 6.92 Å². The van der Waals surface area contributed by atoms with E-state index in [9.17, 15) is 4.79 Å². The first-order chi connectivity index (χ1) is 18.6. The highest BCUT2D eigenvalue weighted by atomic mass is 16.5. The Labute approximate surface area is 239 Å². The number of hydrogen-bond acceptors (Lipinski definition) is 8. The summed E-state index contributed by atoms with van der Waals surface area (Å²) in [7, 11) is 3.33. The summed E-state index contributed by atoms with van der Waals surface area (Å²) in [5.41, 5.74) is 12.6. The van der Waals surface area contributed by atoms with Crippen molar-refractivity contribution < 1.29 is 9.53 Å². The highest BCUT2D eigenvalue weighted by Crippen LogP contribution is 2.36. The summed E-state index contributed by atoms with van der Waals surface area (Å²) in [5, 5.41) is 9.37. The van der Waals surface area contributed by atoms with Gasteiger partial charge in [-0.15, -0.1) is 0 Å². The second-order valence-electron chi connectivity index (χ2n) is 11.3. The summed E-state index contributed by atoms with van der Waals surface area (Å²) in [6, 6.07) is 9.75. The van der Waals surface area contributed by atoms with E-state index < -0.39 is 0 Å². The van der Waals surface area contributed by atoms with Crippen LogP contribution >= 0.6 is 0 Å². The van der Waals surface area contributed by atoms with Gasteiger partial charge in [0.1, 0.15) is 5.75 Å². The average Bonchev–Trinajstić information content (AvgIpc) is 2.86. The van der Waals surface area contributed by atoms with E-state index >= 15 is 0 Å². The number of amides is 1. The molecule has 0 spiro atoms. The number of methoxy groups -OCH3 is 1. The molecule has 0 radical (unpaired) electrons. The Morgan fingerprint density at radius 1 is 1.18 bits per heavy atom. The molecule has 0 aliphatic rings. The molecule has 0 atom stereocenters. The van der Waals surface area contributed by atoms with Crippen molar-refractivity contribution in [3.05, 3.63) is 88.4 Å². The molecule has 40 heavy (non-hydrogen) atoms. The van der Waals surface area contributed by atoms with Gasteiger partial charge in [-0.1, -0.05) is 59.4 Å². The first-order valence-corrected chi connectivity index (χ1v) is 13.3.